The van der Waals surface area contributed by atoms with E-state index >= 15 is 0 Å². The summed E-state index contributed by atoms with van der Waals surface area (Å²) in [6.45, 7) is 0.689. The lowest BCUT2D eigenvalue weighted by molar-refractivity contribution is 0.0939. The maximum absolute atomic E-state index is 12.6. The van der Waals surface area contributed by atoms with Crippen molar-refractivity contribution in [2.24, 2.45) is 5.92 Å². The lowest BCUT2D eigenvalue weighted by Gasteiger charge is -2.29. The molecule has 9 heteroatoms. The highest BCUT2D eigenvalue weighted by Gasteiger charge is 2.23. The minimum atomic E-state index is -0.0833. The van der Waals surface area contributed by atoms with E-state index in [-0.39, 0.29) is 5.91 Å². The third-order valence-electron chi connectivity index (χ3n) is 6.21. The number of carbonyl (C=O) groups excluding carboxylic acids is 1. The van der Waals surface area contributed by atoms with Gasteiger partial charge in [0, 0.05) is 37.4 Å². The maximum Gasteiger partial charge on any atom is 0.270 e. The topological polar surface area (TPSA) is 83.0 Å². The van der Waals surface area contributed by atoms with Crippen molar-refractivity contribution < 1.29 is 4.79 Å². The van der Waals surface area contributed by atoms with Gasteiger partial charge in [-0.1, -0.05) is 18.2 Å². The minimum Gasteiger partial charge on any atom is -0.362 e. The van der Waals surface area contributed by atoms with Crippen molar-refractivity contribution in [2.75, 3.05) is 30.9 Å². The molecule has 7 nitrogen and oxygen atoms in total. The molecular weight excluding hydrogens is 464 g/mol. The Labute approximate surface area is 207 Å². The molecule has 1 aromatic carbocycles. The second-order valence-electron chi connectivity index (χ2n) is 8.87. The van der Waals surface area contributed by atoms with Gasteiger partial charge in [-0.15, -0.1) is 22.7 Å². The Balaban J connectivity index is 1.13. The van der Waals surface area contributed by atoms with Gasteiger partial charge in [0.05, 0.1) is 10.4 Å². The molecule has 0 aliphatic heterocycles. The molecular formula is C25H28N6OS2. The van der Waals surface area contributed by atoms with Crippen molar-refractivity contribution in [3.8, 4) is 9.88 Å². The summed E-state index contributed by atoms with van der Waals surface area (Å²) in [7, 11) is 4.01. The monoisotopic (exact) mass is 492 g/mol. The third kappa shape index (κ3) is 5.05. The Hall–Kier alpha value is -3.04. The van der Waals surface area contributed by atoms with Crippen LogP contribution in [-0.4, -0.2) is 47.5 Å². The average Bonchev–Trinajstić information content (AvgIpc) is 3.55. The zero-order valence-electron chi connectivity index (χ0n) is 19.3. The summed E-state index contributed by atoms with van der Waals surface area (Å²) < 4.78 is 0. The van der Waals surface area contributed by atoms with Crippen molar-refractivity contribution >= 4 is 51.2 Å². The zero-order chi connectivity index (χ0) is 23.5. The van der Waals surface area contributed by atoms with Gasteiger partial charge in [0.1, 0.15) is 16.5 Å². The van der Waals surface area contributed by atoms with Crippen LogP contribution in [0.5, 0.6) is 0 Å². The molecule has 0 saturated heterocycles. The first-order valence-corrected chi connectivity index (χ1v) is 13.3. The minimum absolute atomic E-state index is 0.0833. The van der Waals surface area contributed by atoms with Crippen molar-refractivity contribution in [1.29, 1.82) is 0 Å². The van der Waals surface area contributed by atoms with Crippen molar-refractivity contribution in [2.45, 2.75) is 31.7 Å². The van der Waals surface area contributed by atoms with E-state index in [2.05, 4.69) is 21.7 Å². The van der Waals surface area contributed by atoms with Gasteiger partial charge in [0.2, 0.25) is 5.95 Å². The number of thiophene rings is 1. The molecule has 1 aliphatic carbocycles. The van der Waals surface area contributed by atoms with E-state index in [4.69, 9.17) is 9.97 Å². The number of rotatable bonds is 7. The zero-order valence-corrected chi connectivity index (χ0v) is 21.0. The molecule has 0 bridgehead atoms. The Morgan fingerprint density at radius 2 is 1.85 bits per heavy atom. The molecule has 1 fully saturated rings. The van der Waals surface area contributed by atoms with E-state index in [1.54, 1.807) is 11.3 Å². The number of anilines is 2. The van der Waals surface area contributed by atoms with Crippen LogP contribution in [0, 0.1) is 5.92 Å². The number of nitrogens with one attached hydrogen (secondary N) is 2. The first-order chi connectivity index (χ1) is 16.6. The molecule has 4 aromatic rings. The molecule has 1 saturated carbocycles. The summed E-state index contributed by atoms with van der Waals surface area (Å²) in [6, 6.07) is 12.5. The molecule has 3 aromatic heterocycles. The first kappa shape index (κ1) is 22.7. The highest BCUT2D eigenvalue weighted by Crippen LogP contribution is 2.29. The predicted octanol–water partition coefficient (Wildman–Crippen LogP) is 5.28. The van der Waals surface area contributed by atoms with Gasteiger partial charge in [-0.05, 0) is 55.2 Å². The number of benzene rings is 1. The SMILES string of the molecule is CN(C)c1nc(NC2CCC(CNC(=O)c3csc(-c4cccs4)n3)CC2)nc2ccccc12. The Morgan fingerprint density at radius 1 is 1.03 bits per heavy atom. The van der Waals surface area contributed by atoms with Gasteiger partial charge >= 0.3 is 0 Å². The third-order valence-corrected chi connectivity index (χ3v) is 8.09. The molecule has 0 radical (unpaired) electrons. The van der Waals surface area contributed by atoms with Crippen molar-refractivity contribution in [3.63, 3.8) is 0 Å². The molecule has 34 heavy (non-hydrogen) atoms. The van der Waals surface area contributed by atoms with Crippen molar-refractivity contribution in [1.82, 2.24) is 20.3 Å². The second kappa shape index (κ2) is 10.1. The van der Waals surface area contributed by atoms with E-state index in [0.29, 0.717) is 30.1 Å². The van der Waals surface area contributed by atoms with Crippen LogP contribution in [0.2, 0.25) is 0 Å². The number of fused-ring (bicyclic) bond motifs is 1. The average molecular weight is 493 g/mol. The summed E-state index contributed by atoms with van der Waals surface area (Å²) in [5.41, 5.74) is 1.46. The molecule has 0 unspecified atom stereocenters. The van der Waals surface area contributed by atoms with Gasteiger partial charge in [0.25, 0.3) is 5.91 Å². The normalized spacial score (nSPS) is 18.1. The van der Waals surface area contributed by atoms with Gasteiger partial charge in [-0.3, -0.25) is 4.79 Å². The molecule has 3 heterocycles. The summed E-state index contributed by atoms with van der Waals surface area (Å²) in [5.74, 6) is 2.00. The number of carbonyl (C=O) groups is 1. The van der Waals surface area contributed by atoms with E-state index in [1.165, 1.54) is 11.3 Å². The van der Waals surface area contributed by atoms with Gasteiger partial charge < -0.3 is 15.5 Å². The Morgan fingerprint density at radius 3 is 2.62 bits per heavy atom. The quantitative estimate of drug-likeness (QED) is 0.365. The number of hydrogen-bond donors (Lipinski definition) is 2. The van der Waals surface area contributed by atoms with Crippen LogP contribution >= 0.6 is 22.7 Å². The van der Waals surface area contributed by atoms with Crippen LogP contribution in [0.3, 0.4) is 0 Å². The van der Waals surface area contributed by atoms with Crippen LogP contribution in [0.1, 0.15) is 36.2 Å². The highest BCUT2D eigenvalue weighted by molar-refractivity contribution is 7.20. The van der Waals surface area contributed by atoms with Gasteiger partial charge in [-0.2, -0.15) is 4.98 Å². The predicted molar refractivity (Wildman–Crippen MR) is 141 cm³/mol. The standard InChI is InChI=1S/C25H28N6OS2/c1-31(2)22-18-6-3-4-7-19(18)29-25(30-22)27-17-11-9-16(10-12-17)14-26-23(32)20-15-34-24(28-20)21-8-5-13-33-21/h3-8,13,15-17H,9-12,14H2,1-2H3,(H,26,32)(H,27,29,30). The lowest BCUT2D eigenvalue weighted by atomic mass is 9.86. The largest absolute Gasteiger partial charge is 0.362 e. The first-order valence-electron chi connectivity index (χ1n) is 11.5. The summed E-state index contributed by atoms with van der Waals surface area (Å²) in [5, 5.41) is 12.5. The fourth-order valence-electron chi connectivity index (χ4n) is 4.38. The second-order valence-corrected chi connectivity index (χ2v) is 10.7. The van der Waals surface area contributed by atoms with Crippen LogP contribution in [0.25, 0.3) is 20.8 Å². The van der Waals surface area contributed by atoms with Crippen LogP contribution in [0.4, 0.5) is 11.8 Å². The van der Waals surface area contributed by atoms with E-state index in [0.717, 1.165) is 52.3 Å². The van der Waals surface area contributed by atoms with Crippen LogP contribution in [0.15, 0.2) is 47.2 Å². The fourth-order valence-corrected chi connectivity index (χ4v) is 5.99. The van der Waals surface area contributed by atoms with Crippen molar-refractivity contribution in [3.05, 3.63) is 52.9 Å². The van der Waals surface area contributed by atoms with Gasteiger partial charge in [0.15, 0.2) is 0 Å². The van der Waals surface area contributed by atoms with E-state index in [9.17, 15) is 4.79 Å². The molecule has 176 valence electrons. The number of hydrogen-bond acceptors (Lipinski definition) is 8. The summed E-state index contributed by atoms with van der Waals surface area (Å²) in [6.07, 6.45) is 4.19. The molecule has 2 N–H and O–H groups in total. The summed E-state index contributed by atoms with van der Waals surface area (Å²) >= 11 is 3.16. The summed E-state index contributed by atoms with van der Waals surface area (Å²) in [4.78, 5) is 29.7. The number of para-hydroxylation sites is 1. The number of amides is 1. The molecule has 0 atom stereocenters. The Bertz CT molecular complexity index is 1260. The van der Waals surface area contributed by atoms with E-state index < -0.39 is 0 Å². The Kier molecular flexibility index (Phi) is 6.73. The molecule has 1 aliphatic rings. The van der Waals surface area contributed by atoms with E-state index in [1.807, 2.05) is 60.1 Å². The number of aromatic nitrogens is 3. The number of thiazole rings is 1. The smallest absolute Gasteiger partial charge is 0.270 e. The fraction of sp³-hybridized carbons (Fsp3) is 0.360. The molecule has 0 spiro atoms. The van der Waals surface area contributed by atoms with Crippen LogP contribution < -0.4 is 15.5 Å². The van der Waals surface area contributed by atoms with Gasteiger partial charge in [-0.25, -0.2) is 9.97 Å². The van der Waals surface area contributed by atoms with Crippen LogP contribution in [-0.2, 0) is 0 Å². The lowest BCUT2D eigenvalue weighted by Crippen LogP contribution is -2.34. The molecule has 1 amide bonds. The maximum atomic E-state index is 12.6. The number of nitrogens with zero attached hydrogens (tertiary/aromatic N) is 4. The molecule has 5 rings (SSSR count). The highest BCUT2D eigenvalue weighted by atomic mass is 32.1.